The fourth-order valence-electron chi connectivity index (χ4n) is 1.79. The van der Waals surface area contributed by atoms with E-state index in [4.69, 9.17) is 17.3 Å². The molecule has 0 bridgehead atoms. The van der Waals surface area contributed by atoms with Crippen LogP contribution in [0.2, 0.25) is 5.02 Å². The van der Waals surface area contributed by atoms with Crippen molar-refractivity contribution in [2.75, 3.05) is 5.75 Å². The lowest BCUT2D eigenvalue weighted by molar-refractivity contribution is 0.674. The van der Waals surface area contributed by atoms with E-state index in [0.717, 1.165) is 28.5 Å². The number of halogens is 1. The van der Waals surface area contributed by atoms with Crippen LogP contribution in [0.25, 0.3) is 0 Å². The summed E-state index contributed by atoms with van der Waals surface area (Å²) in [6.45, 7) is 0. The van der Waals surface area contributed by atoms with Crippen molar-refractivity contribution in [3.8, 4) is 0 Å². The Morgan fingerprint density at radius 3 is 2.89 bits per heavy atom. The summed E-state index contributed by atoms with van der Waals surface area (Å²) >= 11 is 7.83. The Morgan fingerprint density at radius 1 is 1.42 bits per heavy atom. The molecule has 102 valence electrons. The van der Waals surface area contributed by atoms with E-state index >= 15 is 0 Å². The Morgan fingerprint density at radius 2 is 2.21 bits per heavy atom. The second kappa shape index (κ2) is 6.98. The lowest BCUT2D eigenvalue weighted by Gasteiger charge is -2.11. The van der Waals surface area contributed by atoms with E-state index in [1.807, 2.05) is 48.4 Å². The highest BCUT2D eigenvalue weighted by Gasteiger charge is 2.07. The lowest BCUT2D eigenvalue weighted by Crippen LogP contribution is -2.23. The van der Waals surface area contributed by atoms with Gasteiger partial charge in [0.15, 0.2) is 0 Å². The van der Waals surface area contributed by atoms with Gasteiger partial charge in [0.25, 0.3) is 0 Å². The summed E-state index contributed by atoms with van der Waals surface area (Å²) in [5.41, 5.74) is 7.37. The van der Waals surface area contributed by atoms with Crippen molar-refractivity contribution in [3.63, 3.8) is 0 Å². The van der Waals surface area contributed by atoms with Crippen molar-refractivity contribution in [1.82, 2.24) is 9.78 Å². The van der Waals surface area contributed by atoms with Gasteiger partial charge in [-0.25, -0.2) is 0 Å². The van der Waals surface area contributed by atoms with Crippen LogP contribution in [0, 0.1) is 0 Å². The minimum Gasteiger partial charge on any atom is -0.327 e. The Hall–Kier alpha value is -0.970. The molecule has 0 amide bonds. The molecule has 1 atom stereocenters. The third-order valence-electron chi connectivity index (χ3n) is 2.85. The van der Waals surface area contributed by atoms with E-state index in [9.17, 15) is 0 Å². The van der Waals surface area contributed by atoms with Gasteiger partial charge in [-0.15, -0.1) is 11.8 Å². The smallest absolute Gasteiger partial charge is 0.0541 e. The van der Waals surface area contributed by atoms with E-state index in [2.05, 4.69) is 5.10 Å². The van der Waals surface area contributed by atoms with Gasteiger partial charge < -0.3 is 5.73 Å². The number of rotatable bonds is 6. The molecule has 1 heterocycles. The van der Waals surface area contributed by atoms with E-state index in [0.29, 0.717) is 0 Å². The summed E-state index contributed by atoms with van der Waals surface area (Å²) in [6, 6.07) is 8.04. The van der Waals surface area contributed by atoms with Crippen LogP contribution in [0.5, 0.6) is 0 Å². The fraction of sp³-hybridized carbons (Fsp3) is 0.357. The monoisotopic (exact) mass is 295 g/mol. The predicted molar refractivity (Wildman–Crippen MR) is 81.7 cm³/mol. The molecular formula is C14H18ClN3S. The maximum Gasteiger partial charge on any atom is 0.0541 e. The molecule has 0 saturated carbocycles. The van der Waals surface area contributed by atoms with Crippen molar-refractivity contribution in [3.05, 3.63) is 47.2 Å². The highest BCUT2D eigenvalue weighted by atomic mass is 35.5. The second-order valence-corrected chi connectivity index (χ2v) is 6.03. The molecular weight excluding hydrogens is 278 g/mol. The van der Waals surface area contributed by atoms with Gasteiger partial charge in [-0.05, 0) is 30.5 Å². The maximum absolute atomic E-state index is 6.14. The largest absolute Gasteiger partial charge is 0.327 e. The number of thioether (sulfide) groups is 1. The number of hydrogen-bond acceptors (Lipinski definition) is 3. The third kappa shape index (κ3) is 4.56. The van der Waals surface area contributed by atoms with Gasteiger partial charge in [0.1, 0.15) is 0 Å². The number of aryl methyl sites for hydroxylation is 2. The first-order chi connectivity index (χ1) is 9.15. The second-order valence-electron chi connectivity index (χ2n) is 4.56. The summed E-state index contributed by atoms with van der Waals surface area (Å²) in [5.74, 6) is 0.879. The molecule has 3 nitrogen and oxygen atoms in total. The molecule has 2 aromatic rings. The molecule has 2 rings (SSSR count). The van der Waals surface area contributed by atoms with Crippen LogP contribution in [0.4, 0.5) is 0 Å². The van der Waals surface area contributed by atoms with Crippen LogP contribution in [-0.2, 0) is 13.5 Å². The standard InChI is InChI=1S/C14H18ClN3S/c1-18-9-11(8-17-18)6-7-12(16)10-19-14-5-3-2-4-13(14)15/h2-5,8-9,12H,6-7,10,16H2,1H3. The average Bonchev–Trinajstić information content (AvgIpc) is 2.81. The molecule has 1 aromatic carbocycles. The molecule has 0 spiro atoms. The zero-order valence-electron chi connectivity index (χ0n) is 10.9. The number of aromatic nitrogens is 2. The van der Waals surface area contributed by atoms with Crippen LogP contribution in [0.15, 0.2) is 41.6 Å². The van der Waals surface area contributed by atoms with Gasteiger partial charge >= 0.3 is 0 Å². The molecule has 0 radical (unpaired) electrons. The van der Waals surface area contributed by atoms with Crippen molar-refractivity contribution >= 4 is 23.4 Å². The maximum atomic E-state index is 6.14. The van der Waals surface area contributed by atoms with E-state index in [1.165, 1.54) is 5.56 Å². The van der Waals surface area contributed by atoms with Gasteiger partial charge in [-0.1, -0.05) is 23.7 Å². The Labute approximate surface area is 123 Å². The summed E-state index contributed by atoms with van der Waals surface area (Å²) < 4.78 is 1.82. The quantitative estimate of drug-likeness (QED) is 0.833. The fourth-order valence-corrected chi connectivity index (χ4v) is 3.04. The third-order valence-corrected chi connectivity index (χ3v) is 4.56. The van der Waals surface area contributed by atoms with E-state index < -0.39 is 0 Å². The number of nitrogens with two attached hydrogens (primary N) is 1. The Bertz CT molecular complexity index is 527. The first kappa shape index (κ1) is 14.4. The van der Waals surface area contributed by atoms with E-state index in [-0.39, 0.29) is 6.04 Å². The van der Waals surface area contributed by atoms with Crippen molar-refractivity contribution in [2.24, 2.45) is 12.8 Å². The number of nitrogens with zero attached hydrogens (tertiary/aromatic N) is 2. The number of benzene rings is 1. The van der Waals surface area contributed by atoms with Crippen LogP contribution in [0.3, 0.4) is 0 Å². The van der Waals surface area contributed by atoms with E-state index in [1.54, 1.807) is 11.8 Å². The molecule has 0 aliphatic heterocycles. The van der Waals surface area contributed by atoms with Crippen LogP contribution >= 0.6 is 23.4 Å². The number of hydrogen-bond donors (Lipinski definition) is 1. The molecule has 19 heavy (non-hydrogen) atoms. The van der Waals surface area contributed by atoms with Gasteiger partial charge in [-0.2, -0.15) is 5.10 Å². The zero-order valence-corrected chi connectivity index (χ0v) is 12.5. The molecule has 0 saturated heterocycles. The molecule has 0 fully saturated rings. The van der Waals surface area contributed by atoms with Gasteiger partial charge in [-0.3, -0.25) is 4.68 Å². The zero-order chi connectivity index (χ0) is 13.7. The lowest BCUT2D eigenvalue weighted by atomic mass is 10.1. The first-order valence-electron chi connectivity index (χ1n) is 6.25. The minimum atomic E-state index is 0.168. The summed E-state index contributed by atoms with van der Waals surface area (Å²) in [5, 5.41) is 4.95. The highest BCUT2D eigenvalue weighted by molar-refractivity contribution is 7.99. The first-order valence-corrected chi connectivity index (χ1v) is 7.62. The topological polar surface area (TPSA) is 43.8 Å². The molecule has 1 unspecified atom stereocenters. The van der Waals surface area contributed by atoms with Gasteiger partial charge in [0.05, 0.1) is 11.2 Å². The molecule has 0 aliphatic carbocycles. The van der Waals surface area contributed by atoms with Crippen molar-refractivity contribution in [1.29, 1.82) is 0 Å². The Balaban J connectivity index is 1.76. The summed E-state index contributed by atoms with van der Waals surface area (Å²) in [6.07, 6.45) is 5.86. The normalized spacial score (nSPS) is 12.6. The van der Waals surface area contributed by atoms with Crippen molar-refractivity contribution in [2.45, 2.75) is 23.8 Å². The SMILES string of the molecule is Cn1cc(CCC(N)CSc2ccccc2Cl)cn1. The van der Waals surface area contributed by atoms with Crippen LogP contribution in [0.1, 0.15) is 12.0 Å². The van der Waals surface area contributed by atoms with Gasteiger partial charge in [0.2, 0.25) is 0 Å². The molecule has 5 heteroatoms. The predicted octanol–water partition coefficient (Wildman–Crippen LogP) is 3.13. The van der Waals surface area contributed by atoms with Crippen molar-refractivity contribution < 1.29 is 0 Å². The molecule has 2 N–H and O–H groups in total. The summed E-state index contributed by atoms with van der Waals surface area (Å²) in [7, 11) is 1.93. The molecule has 1 aromatic heterocycles. The highest BCUT2D eigenvalue weighted by Crippen LogP contribution is 2.27. The van der Waals surface area contributed by atoms with Crippen LogP contribution in [-0.4, -0.2) is 21.6 Å². The van der Waals surface area contributed by atoms with Gasteiger partial charge in [0, 0.05) is 29.9 Å². The van der Waals surface area contributed by atoms with Crippen LogP contribution < -0.4 is 5.73 Å². The minimum absolute atomic E-state index is 0.168. The molecule has 0 aliphatic rings. The Kier molecular flexibility index (Phi) is 5.31. The summed E-state index contributed by atoms with van der Waals surface area (Å²) in [4.78, 5) is 1.10. The average molecular weight is 296 g/mol.